The molecule has 0 aliphatic heterocycles. The number of hydrogen-bond acceptors (Lipinski definition) is 5. The number of rotatable bonds is 7. The van der Waals surface area contributed by atoms with Crippen molar-refractivity contribution < 1.29 is 14.0 Å². The highest BCUT2D eigenvalue weighted by Crippen LogP contribution is 2.33. The number of carbonyl (C=O) groups excluding carboxylic acids is 2. The minimum atomic E-state index is -0.284. The van der Waals surface area contributed by atoms with Gasteiger partial charge in [0, 0.05) is 50.5 Å². The third kappa shape index (κ3) is 4.93. The molecule has 0 aliphatic carbocycles. The largest absolute Gasteiger partial charge is 0.349 e. The summed E-state index contributed by atoms with van der Waals surface area (Å²) in [5.74, 6) is -0.139. The van der Waals surface area contributed by atoms with Crippen LogP contribution in [0.2, 0.25) is 0 Å². The minimum absolute atomic E-state index is 0.0170. The predicted molar refractivity (Wildman–Crippen MR) is 128 cm³/mol. The summed E-state index contributed by atoms with van der Waals surface area (Å²) in [6.07, 6.45) is 4.23. The molecule has 8 nitrogen and oxygen atoms in total. The number of anilines is 1. The van der Waals surface area contributed by atoms with Gasteiger partial charge in [0.05, 0.1) is 5.69 Å². The first-order chi connectivity index (χ1) is 16.3. The van der Waals surface area contributed by atoms with Gasteiger partial charge in [-0.1, -0.05) is 0 Å². The van der Waals surface area contributed by atoms with Gasteiger partial charge in [0.25, 0.3) is 0 Å². The van der Waals surface area contributed by atoms with Crippen molar-refractivity contribution in [2.45, 2.75) is 26.2 Å². The molecular weight excluding hydrogens is 435 g/mol. The maximum atomic E-state index is 13.9. The lowest BCUT2D eigenvalue weighted by Crippen LogP contribution is -2.22. The van der Waals surface area contributed by atoms with Gasteiger partial charge in [-0.05, 0) is 61.4 Å². The average molecular weight is 461 g/mol. The van der Waals surface area contributed by atoms with Crippen molar-refractivity contribution in [2.75, 3.05) is 19.4 Å². The number of imidazole rings is 1. The van der Waals surface area contributed by atoms with Gasteiger partial charge in [-0.3, -0.25) is 9.59 Å². The van der Waals surface area contributed by atoms with Gasteiger partial charge < -0.3 is 10.2 Å². The van der Waals surface area contributed by atoms with Crippen LogP contribution in [-0.2, 0) is 9.59 Å². The number of carbonyl (C=O) groups is 2. The van der Waals surface area contributed by atoms with Crippen LogP contribution in [0.25, 0.3) is 28.2 Å². The van der Waals surface area contributed by atoms with E-state index in [0.29, 0.717) is 41.3 Å². The SMILES string of the molecule is Cc1cc(-c2nc3cccnn3c2-c2ccnc(NC(=O)CCCC(=O)N(C)C)c2)ccc1F. The number of aryl methyl sites for hydroxylation is 1. The molecule has 0 saturated carbocycles. The van der Waals surface area contributed by atoms with Crippen LogP contribution in [0.4, 0.5) is 10.2 Å². The Labute approximate surface area is 196 Å². The first kappa shape index (κ1) is 23.0. The van der Waals surface area contributed by atoms with Crippen molar-refractivity contribution in [3.63, 3.8) is 0 Å². The van der Waals surface area contributed by atoms with E-state index in [2.05, 4.69) is 15.4 Å². The van der Waals surface area contributed by atoms with Crippen LogP contribution in [0, 0.1) is 12.7 Å². The highest BCUT2D eigenvalue weighted by molar-refractivity contribution is 5.91. The molecule has 34 heavy (non-hydrogen) atoms. The zero-order chi connectivity index (χ0) is 24.2. The molecular formula is C25H25FN6O2. The van der Waals surface area contributed by atoms with Gasteiger partial charge in [0.2, 0.25) is 11.8 Å². The van der Waals surface area contributed by atoms with Crippen molar-refractivity contribution in [2.24, 2.45) is 0 Å². The molecule has 3 heterocycles. The number of fused-ring (bicyclic) bond motifs is 1. The Morgan fingerprint density at radius 3 is 2.65 bits per heavy atom. The van der Waals surface area contributed by atoms with E-state index in [9.17, 15) is 14.0 Å². The molecule has 4 aromatic rings. The Kier molecular flexibility index (Phi) is 6.62. The third-order valence-corrected chi connectivity index (χ3v) is 5.42. The Balaban J connectivity index is 1.64. The molecule has 0 fully saturated rings. The summed E-state index contributed by atoms with van der Waals surface area (Å²) in [5, 5.41) is 7.24. The van der Waals surface area contributed by atoms with Crippen LogP contribution in [0.15, 0.2) is 54.9 Å². The molecule has 0 spiro atoms. The van der Waals surface area contributed by atoms with E-state index < -0.39 is 0 Å². The molecule has 0 unspecified atom stereocenters. The van der Waals surface area contributed by atoms with Crippen molar-refractivity contribution in [1.82, 2.24) is 24.5 Å². The fraction of sp³-hybridized carbons (Fsp3) is 0.240. The zero-order valence-corrected chi connectivity index (χ0v) is 19.2. The fourth-order valence-corrected chi connectivity index (χ4v) is 3.62. The van der Waals surface area contributed by atoms with Gasteiger partial charge >= 0.3 is 0 Å². The Morgan fingerprint density at radius 2 is 1.88 bits per heavy atom. The maximum absolute atomic E-state index is 13.9. The van der Waals surface area contributed by atoms with E-state index >= 15 is 0 Å². The smallest absolute Gasteiger partial charge is 0.225 e. The Morgan fingerprint density at radius 1 is 1.06 bits per heavy atom. The van der Waals surface area contributed by atoms with Crippen molar-refractivity contribution in [3.8, 4) is 22.5 Å². The summed E-state index contributed by atoms with van der Waals surface area (Å²) in [4.78, 5) is 34.6. The van der Waals surface area contributed by atoms with Gasteiger partial charge in [-0.25, -0.2) is 18.9 Å². The quantitative estimate of drug-likeness (QED) is 0.448. The first-order valence-corrected chi connectivity index (χ1v) is 10.9. The molecule has 1 N–H and O–H groups in total. The van der Waals surface area contributed by atoms with Crippen LogP contribution in [-0.4, -0.2) is 50.4 Å². The van der Waals surface area contributed by atoms with Crippen molar-refractivity contribution in [3.05, 3.63) is 66.2 Å². The van der Waals surface area contributed by atoms with E-state index in [4.69, 9.17) is 4.98 Å². The van der Waals surface area contributed by atoms with Gasteiger partial charge in [-0.15, -0.1) is 0 Å². The topological polar surface area (TPSA) is 92.5 Å². The van der Waals surface area contributed by atoms with Crippen LogP contribution >= 0.6 is 0 Å². The molecule has 0 aliphatic rings. The molecule has 0 saturated heterocycles. The number of amides is 2. The number of nitrogens with one attached hydrogen (secondary N) is 1. The molecule has 0 atom stereocenters. The van der Waals surface area contributed by atoms with Crippen LogP contribution in [0.3, 0.4) is 0 Å². The molecule has 4 rings (SSSR count). The second-order valence-electron chi connectivity index (χ2n) is 8.19. The lowest BCUT2D eigenvalue weighted by molar-refractivity contribution is -0.128. The minimum Gasteiger partial charge on any atom is -0.349 e. The maximum Gasteiger partial charge on any atom is 0.225 e. The number of pyridine rings is 1. The van der Waals surface area contributed by atoms with Gasteiger partial charge in [0.15, 0.2) is 5.65 Å². The number of aromatic nitrogens is 4. The average Bonchev–Trinajstić information content (AvgIpc) is 3.20. The standard InChI is InChI=1S/C25H25FN6O2/c1-16-14-17(9-10-19(16)26)24-25(32-21(30-24)6-5-12-28-32)18-11-13-27-20(15-18)29-22(33)7-4-8-23(34)31(2)3/h5-6,9-15H,4,7-8H2,1-3H3,(H,27,29,33). The monoisotopic (exact) mass is 460 g/mol. The second-order valence-corrected chi connectivity index (χ2v) is 8.19. The molecule has 174 valence electrons. The predicted octanol–water partition coefficient (Wildman–Crippen LogP) is 4.10. The third-order valence-electron chi connectivity index (χ3n) is 5.42. The normalized spacial score (nSPS) is 10.9. The van der Waals surface area contributed by atoms with Gasteiger partial charge in [-0.2, -0.15) is 5.10 Å². The number of halogens is 1. The number of hydrogen-bond donors (Lipinski definition) is 1. The molecule has 1 aromatic carbocycles. The summed E-state index contributed by atoms with van der Waals surface area (Å²) in [5.41, 5.74) is 4.01. The number of nitrogens with zero attached hydrogens (tertiary/aromatic N) is 5. The van der Waals surface area contributed by atoms with E-state index in [1.807, 2.05) is 12.1 Å². The van der Waals surface area contributed by atoms with Crippen molar-refractivity contribution in [1.29, 1.82) is 0 Å². The Bertz CT molecular complexity index is 1360. The van der Waals surface area contributed by atoms with Crippen LogP contribution in [0.1, 0.15) is 24.8 Å². The van der Waals surface area contributed by atoms with Gasteiger partial charge in [0.1, 0.15) is 17.3 Å². The van der Waals surface area contributed by atoms with Crippen LogP contribution in [0.5, 0.6) is 0 Å². The van der Waals surface area contributed by atoms with E-state index in [0.717, 1.165) is 11.1 Å². The van der Waals surface area contributed by atoms with E-state index in [-0.39, 0.29) is 24.1 Å². The summed E-state index contributed by atoms with van der Waals surface area (Å²) in [6.45, 7) is 1.71. The highest BCUT2D eigenvalue weighted by Gasteiger charge is 2.18. The second kappa shape index (κ2) is 9.78. The van der Waals surface area contributed by atoms with E-state index in [1.54, 1.807) is 62.2 Å². The summed E-state index contributed by atoms with van der Waals surface area (Å²) < 4.78 is 15.6. The molecule has 0 bridgehead atoms. The highest BCUT2D eigenvalue weighted by atomic mass is 19.1. The molecule has 9 heteroatoms. The molecule has 0 radical (unpaired) electrons. The summed E-state index contributed by atoms with van der Waals surface area (Å²) >= 11 is 0. The first-order valence-electron chi connectivity index (χ1n) is 10.9. The molecule has 2 amide bonds. The lowest BCUT2D eigenvalue weighted by Gasteiger charge is -2.10. The Hall–Kier alpha value is -4.14. The number of benzene rings is 1. The summed E-state index contributed by atoms with van der Waals surface area (Å²) in [6, 6.07) is 12.1. The lowest BCUT2D eigenvalue weighted by atomic mass is 10.0. The molecule has 3 aromatic heterocycles. The van der Waals surface area contributed by atoms with Crippen LogP contribution < -0.4 is 5.32 Å². The van der Waals surface area contributed by atoms with E-state index in [1.165, 1.54) is 11.0 Å². The van der Waals surface area contributed by atoms with Crippen molar-refractivity contribution >= 4 is 23.3 Å². The zero-order valence-electron chi connectivity index (χ0n) is 19.2. The fourth-order valence-electron chi connectivity index (χ4n) is 3.62. The summed E-state index contributed by atoms with van der Waals surface area (Å²) in [7, 11) is 3.38.